The molecule has 0 aliphatic heterocycles. The summed E-state index contributed by atoms with van der Waals surface area (Å²) >= 11 is 1.81. The van der Waals surface area contributed by atoms with Gasteiger partial charge in [0.1, 0.15) is 5.78 Å². The predicted octanol–water partition coefficient (Wildman–Crippen LogP) is 2.74. The summed E-state index contributed by atoms with van der Waals surface area (Å²) in [6, 6.07) is 0. The summed E-state index contributed by atoms with van der Waals surface area (Å²) in [5.74, 6) is 3.63. The van der Waals surface area contributed by atoms with Crippen LogP contribution >= 0.6 is 11.8 Å². The van der Waals surface area contributed by atoms with Gasteiger partial charge in [-0.25, -0.2) is 0 Å². The molecule has 12 heavy (non-hydrogen) atoms. The molecule has 1 saturated carbocycles. The quantitative estimate of drug-likeness (QED) is 0.593. The Hall–Kier alpha value is 0.0200. The molecule has 0 N–H and O–H groups in total. The second-order valence-electron chi connectivity index (χ2n) is 3.98. The van der Waals surface area contributed by atoms with E-state index < -0.39 is 0 Å². The monoisotopic (exact) mass is 186 g/mol. The van der Waals surface area contributed by atoms with Crippen LogP contribution in [0, 0.1) is 11.8 Å². The molecule has 0 bridgehead atoms. The van der Waals surface area contributed by atoms with Crippen molar-refractivity contribution in [1.82, 2.24) is 0 Å². The summed E-state index contributed by atoms with van der Waals surface area (Å²) in [4.78, 5) is 11.2. The highest BCUT2D eigenvalue weighted by molar-refractivity contribution is 7.99. The van der Waals surface area contributed by atoms with Gasteiger partial charge in [0.05, 0.1) is 5.75 Å². The number of hydrogen-bond acceptors (Lipinski definition) is 2. The minimum absolute atomic E-state index is 0.455. The van der Waals surface area contributed by atoms with Crippen LogP contribution < -0.4 is 0 Å². The van der Waals surface area contributed by atoms with E-state index in [-0.39, 0.29) is 0 Å². The minimum atomic E-state index is 0.455. The highest BCUT2D eigenvalue weighted by Gasteiger charge is 2.28. The Balaban J connectivity index is 1.91. The number of hydrogen-bond donors (Lipinski definition) is 0. The Bertz CT molecular complexity index is 150. The van der Waals surface area contributed by atoms with E-state index >= 15 is 0 Å². The Morgan fingerprint density at radius 1 is 1.50 bits per heavy atom. The Labute approximate surface area is 79.3 Å². The SMILES string of the molecule is CC(C)CCSCC(=O)C1CC1. The standard InChI is InChI=1S/C10H18OS/c1-8(2)5-6-12-7-10(11)9-3-4-9/h8-9H,3-7H2,1-2H3. The molecule has 0 spiro atoms. The Kier molecular flexibility index (Phi) is 4.13. The van der Waals surface area contributed by atoms with E-state index in [4.69, 9.17) is 0 Å². The number of rotatable bonds is 6. The Morgan fingerprint density at radius 3 is 2.67 bits per heavy atom. The van der Waals surface area contributed by atoms with Gasteiger partial charge >= 0.3 is 0 Å². The fourth-order valence-corrected chi connectivity index (χ4v) is 2.23. The molecule has 0 aromatic rings. The minimum Gasteiger partial charge on any atom is -0.298 e. The lowest BCUT2D eigenvalue weighted by atomic mass is 10.2. The third-order valence-corrected chi connectivity index (χ3v) is 3.13. The molecule has 0 aromatic carbocycles. The van der Waals surface area contributed by atoms with Crippen molar-refractivity contribution in [2.75, 3.05) is 11.5 Å². The smallest absolute Gasteiger partial charge is 0.145 e. The zero-order valence-corrected chi connectivity index (χ0v) is 8.82. The molecule has 1 nitrogen and oxygen atoms in total. The largest absolute Gasteiger partial charge is 0.298 e. The third-order valence-electron chi connectivity index (χ3n) is 2.12. The van der Waals surface area contributed by atoms with Crippen molar-refractivity contribution in [1.29, 1.82) is 0 Å². The van der Waals surface area contributed by atoms with Gasteiger partial charge in [-0.2, -0.15) is 11.8 Å². The summed E-state index contributed by atoms with van der Waals surface area (Å²) in [6.45, 7) is 4.45. The van der Waals surface area contributed by atoms with E-state index in [1.807, 2.05) is 11.8 Å². The molecular formula is C10H18OS. The van der Waals surface area contributed by atoms with Crippen LogP contribution in [0.2, 0.25) is 0 Å². The molecule has 0 aromatic heterocycles. The fourth-order valence-electron chi connectivity index (χ4n) is 1.01. The zero-order chi connectivity index (χ0) is 8.97. The summed E-state index contributed by atoms with van der Waals surface area (Å²) < 4.78 is 0. The zero-order valence-electron chi connectivity index (χ0n) is 8.01. The number of carbonyl (C=O) groups excluding carboxylic acids is 1. The second kappa shape index (κ2) is 4.90. The maximum Gasteiger partial charge on any atom is 0.145 e. The van der Waals surface area contributed by atoms with Crippen molar-refractivity contribution < 1.29 is 4.79 Å². The number of thioether (sulfide) groups is 1. The van der Waals surface area contributed by atoms with Crippen LogP contribution in [0.5, 0.6) is 0 Å². The number of Topliss-reactive ketones (excluding diaryl/α,β-unsaturated/α-hetero) is 1. The van der Waals surface area contributed by atoms with E-state index in [0.29, 0.717) is 11.7 Å². The van der Waals surface area contributed by atoms with Crippen LogP contribution in [0.1, 0.15) is 33.1 Å². The summed E-state index contributed by atoms with van der Waals surface area (Å²) in [7, 11) is 0. The third kappa shape index (κ3) is 4.15. The van der Waals surface area contributed by atoms with Gasteiger partial charge in [0, 0.05) is 5.92 Å². The molecule has 0 heterocycles. The van der Waals surface area contributed by atoms with E-state index in [2.05, 4.69) is 13.8 Å². The molecule has 0 radical (unpaired) electrons. The van der Waals surface area contributed by atoms with Gasteiger partial charge in [-0.1, -0.05) is 13.8 Å². The van der Waals surface area contributed by atoms with Crippen LogP contribution in [0.15, 0.2) is 0 Å². The molecule has 1 aliphatic rings. The van der Waals surface area contributed by atoms with Gasteiger partial charge in [-0.3, -0.25) is 4.79 Å². The number of carbonyl (C=O) groups is 1. The van der Waals surface area contributed by atoms with Gasteiger partial charge in [0.25, 0.3) is 0 Å². The summed E-state index contributed by atoms with van der Waals surface area (Å²) in [6.07, 6.45) is 3.55. The second-order valence-corrected chi connectivity index (χ2v) is 5.08. The fraction of sp³-hybridized carbons (Fsp3) is 0.900. The van der Waals surface area contributed by atoms with Crippen molar-refractivity contribution in [3.05, 3.63) is 0 Å². The van der Waals surface area contributed by atoms with Crippen LogP contribution in [-0.2, 0) is 4.79 Å². The molecule has 1 aliphatic carbocycles. The molecule has 0 amide bonds. The van der Waals surface area contributed by atoms with Gasteiger partial charge in [-0.05, 0) is 30.9 Å². The van der Waals surface area contributed by atoms with Crippen molar-refractivity contribution in [2.24, 2.45) is 11.8 Å². The lowest BCUT2D eigenvalue weighted by Crippen LogP contribution is -2.04. The van der Waals surface area contributed by atoms with Crippen molar-refractivity contribution >= 4 is 17.5 Å². The van der Waals surface area contributed by atoms with Crippen LogP contribution in [0.4, 0.5) is 0 Å². The topological polar surface area (TPSA) is 17.1 Å². The van der Waals surface area contributed by atoms with Gasteiger partial charge < -0.3 is 0 Å². The molecule has 0 unspecified atom stereocenters. The van der Waals surface area contributed by atoms with Crippen molar-refractivity contribution in [3.63, 3.8) is 0 Å². The first-order valence-electron chi connectivity index (χ1n) is 4.80. The normalized spacial score (nSPS) is 16.9. The lowest BCUT2D eigenvalue weighted by molar-refractivity contribution is -0.117. The van der Waals surface area contributed by atoms with E-state index in [0.717, 1.165) is 30.3 Å². The van der Waals surface area contributed by atoms with Gasteiger partial charge in [0.15, 0.2) is 0 Å². The lowest BCUT2D eigenvalue weighted by Gasteiger charge is -2.02. The summed E-state index contributed by atoms with van der Waals surface area (Å²) in [5.41, 5.74) is 0. The predicted molar refractivity (Wildman–Crippen MR) is 54.5 cm³/mol. The van der Waals surface area contributed by atoms with Crippen LogP contribution in [0.3, 0.4) is 0 Å². The van der Waals surface area contributed by atoms with Crippen LogP contribution in [-0.4, -0.2) is 17.3 Å². The molecule has 1 fully saturated rings. The maximum atomic E-state index is 11.2. The van der Waals surface area contributed by atoms with Crippen molar-refractivity contribution in [2.45, 2.75) is 33.1 Å². The number of ketones is 1. The van der Waals surface area contributed by atoms with Gasteiger partial charge in [0.2, 0.25) is 0 Å². The van der Waals surface area contributed by atoms with E-state index in [9.17, 15) is 4.79 Å². The highest BCUT2D eigenvalue weighted by atomic mass is 32.2. The van der Waals surface area contributed by atoms with E-state index in [1.54, 1.807) is 0 Å². The average molecular weight is 186 g/mol. The van der Waals surface area contributed by atoms with Gasteiger partial charge in [-0.15, -0.1) is 0 Å². The first-order chi connectivity index (χ1) is 5.70. The molecule has 2 heteroatoms. The first kappa shape index (κ1) is 10.1. The molecule has 70 valence electrons. The first-order valence-corrected chi connectivity index (χ1v) is 5.96. The molecular weight excluding hydrogens is 168 g/mol. The maximum absolute atomic E-state index is 11.2. The molecule has 1 rings (SSSR count). The molecule has 0 atom stereocenters. The highest BCUT2D eigenvalue weighted by Crippen LogP contribution is 2.30. The van der Waals surface area contributed by atoms with E-state index in [1.165, 1.54) is 6.42 Å². The average Bonchev–Trinajstić information content (AvgIpc) is 2.79. The van der Waals surface area contributed by atoms with Crippen molar-refractivity contribution in [3.8, 4) is 0 Å². The Morgan fingerprint density at radius 2 is 2.17 bits per heavy atom. The van der Waals surface area contributed by atoms with Crippen LogP contribution in [0.25, 0.3) is 0 Å². The summed E-state index contributed by atoms with van der Waals surface area (Å²) in [5, 5.41) is 0. The molecule has 0 saturated heterocycles.